The molecule has 0 aromatic heterocycles. The van der Waals surface area contributed by atoms with E-state index in [1.54, 1.807) is 29.2 Å². The van der Waals surface area contributed by atoms with Crippen LogP contribution in [0.2, 0.25) is 0 Å². The van der Waals surface area contributed by atoms with Crippen LogP contribution in [0.15, 0.2) is 84.9 Å². The quantitative estimate of drug-likeness (QED) is 0.138. The summed E-state index contributed by atoms with van der Waals surface area (Å²) in [4.78, 5) is 56.1. The molecule has 11 nitrogen and oxygen atoms in total. The van der Waals surface area contributed by atoms with Crippen LogP contribution in [0.5, 0.6) is 11.5 Å². The van der Waals surface area contributed by atoms with Gasteiger partial charge in [-0.3, -0.25) is 19.2 Å². The Morgan fingerprint density at radius 2 is 1.45 bits per heavy atom. The minimum absolute atomic E-state index is 0.0207. The van der Waals surface area contributed by atoms with Gasteiger partial charge in [0.25, 0.3) is 0 Å². The summed E-state index contributed by atoms with van der Waals surface area (Å²) in [6.07, 6.45) is 6.42. The van der Waals surface area contributed by atoms with Gasteiger partial charge in [-0.15, -0.1) is 0 Å². The minimum atomic E-state index is -1.17. The largest absolute Gasteiger partial charge is 0.491 e. The van der Waals surface area contributed by atoms with Crippen molar-refractivity contribution in [3.8, 4) is 11.5 Å². The van der Waals surface area contributed by atoms with E-state index in [-0.39, 0.29) is 37.5 Å². The first kappa shape index (κ1) is 37.4. The summed E-state index contributed by atoms with van der Waals surface area (Å²) in [6.45, 7) is 0.593. The second kappa shape index (κ2) is 19.5. The Kier molecular flexibility index (Phi) is 14.3. The minimum Gasteiger partial charge on any atom is -0.491 e. The first-order valence-electron chi connectivity index (χ1n) is 18.1. The van der Waals surface area contributed by atoms with Gasteiger partial charge < -0.3 is 35.4 Å². The summed E-state index contributed by atoms with van der Waals surface area (Å²) in [6, 6.07) is 23.4. The first-order chi connectivity index (χ1) is 24.9. The molecule has 1 aliphatic heterocycles. The molecule has 3 aromatic rings. The molecule has 11 heteroatoms. The van der Waals surface area contributed by atoms with Gasteiger partial charge >= 0.3 is 0 Å². The molecule has 0 radical (unpaired) electrons. The molecular formula is C40H50N4O7. The fourth-order valence-electron chi connectivity index (χ4n) is 6.59. The molecule has 3 atom stereocenters. The van der Waals surface area contributed by atoms with Crippen molar-refractivity contribution >= 4 is 23.6 Å². The van der Waals surface area contributed by atoms with E-state index in [1.165, 1.54) is 0 Å². The zero-order valence-electron chi connectivity index (χ0n) is 29.1. The Hall–Kier alpha value is -4.90. The zero-order valence-corrected chi connectivity index (χ0v) is 29.1. The lowest BCUT2D eigenvalue weighted by molar-refractivity contribution is -0.139. The average molecular weight is 699 g/mol. The van der Waals surface area contributed by atoms with Crippen molar-refractivity contribution in [1.29, 1.82) is 0 Å². The highest BCUT2D eigenvalue weighted by Crippen LogP contribution is 2.22. The lowest BCUT2D eigenvalue weighted by Crippen LogP contribution is -2.59. The summed E-state index contributed by atoms with van der Waals surface area (Å²) < 4.78 is 12.0. The monoisotopic (exact) mass is 698 g/mol. The second-order valence-corrected chi connectivity index (χ2v) is 13.3. The lowest BCUT2D eigenvalue weighted by Gasteiger charge is -2.30. The zero-order chi connectivity index (χ0) is 35.8. The van der Waals surface area contributed by atoms with Crippen LogP contribution in [0.1, 0.15) is 68.9 Å². The van der Waals surface area contributed by atoms with Gasteiger partial charge in [0.15, 0.2) is 0 Å². The number of nitrogens with one attached hydrogen (secondary N) is 3. The summed E-state index contributed by atoms with van der Waals surface area (Å²) >= 11 is 0. The molecule has 2 fully saturated rings. The van der Waals surface area contributed by atoms with E-state index < -0.39 is 29.9 Å². The molecule has 0 spiro atoms. The maximum Gasteiger partial charge on any atom is 0.246 e. The van der Waals surface area contributed by atoms with Gasteiger partial charge in [0.2, 0.25) is 23.6 Å². The first-order valence-corrected chi connectivity index (χ1v) is 18.1. The fraction of sp³-hybridized carbons (Fsp3) is 0.450. The molecule has 1 saturated heterocycles. The van der Waals surface area contributed by atoms with Crippen molar-refractivity contribution < 1.29 is 33.8 Å². The van der Waals surface area contributed by atoms with Crippen LogP contribution in [-0.4, -0.2) is 77.6 Å². The van der Waals surface area contributed by atoms with E-state index in [0.29, 0.717) is 56.8 Å². The standard InChI is InChI=1S/C40H50N4O7/c45-24-10-9-21-34(38(47)41-31-16-7-8-17-31)42-39(48)35(28-51-32-18-5-2-6-19-32)43-40(49)36(44-23-12-22-37(44)46)26-30-15-11-20-33(25-30)50-27-29-13-3-1-4-14-29/h1-6,11,13-15,18-20,25,31,34-36,45H,7-10,12,16-17,21-24,26-28H2,(H,41,47)(H,42,48)(H,43,49)/t34-,35-,36-/m0/s1. The highest BCUT2D eigenvalue weighted by molar-refractivity contribution is 5.94. The van der Waals surface area contributed by atoms with Gasteiger partial charge in [-0.25, -0.2) is 0 Å². The van der Waals surface area contributed by atoms with Crippen molar-refractivity contribution in [3.05, 3.63) is 96.1 Å². The number of carbonyl (C=O) groups is 4. The number of aliphatic hydroxyl groups excluding tert-OH is 1. The average Bonchev–Trinajstić information content (AvgIpc) is 3.83. The summed E-state index contributed by atoms with van der Waals surface area (Å²) in [5.74, 6) is -0.318. The number of para-hydroxylation sites is 1. The van der Waals surface area contributed by atoms with Crippen molar-refractivity contribution in [2.24, 2.45) is 0 Å². The maximum atomic E-state index is 14.2. The van der Waals surface area contributed by atoms with E-state index >= 15 is 0 Å². The molecular weight excluding hydrogens is 648 g/mol. The van der Waals surface area contributed by atoms with Crippen LogP contribution in [-0.2, 0) is 32.2 Å². The Labute approximate surface area is 300 Å². The van der Waals surface area contributed by atoms with E-state index in [1.807, 2.05) is 60.7 Å². The highest BCUT2D eigenvalue weighted by Gasteiger charge is 2.36. The van der Waals surface area contributed by atoms with Crippen molar-refractivity contribution in [2.45, 2.75) is 95.0 Å². The number of hydrogen-bond acceptors (Lipinski definition) is 7. The number of ether oxygens (including phenoxy) is 2. The molecule has 0 unspecified atom stereocenters. The van der Waals surface area contributed by atoms with Crippen molar-refractivity contribution in [3.63, 3.8) is 0 Å². The molecule has 51 heavy (non-hydrogen) atoms. The molecule has 5 rings (SSSR count). The third-order valence-electron chi connectivity index (χ3n) is 9.39. The molecule has 1 saturated carbocycles. The summed E-state index contributed by atoms with van der Waals surface area (Å²) in [5, 5.41) is 18.2. The molecule has 4 amide bonds. The van der Waals surface area contributed by atoms with Gasteiger partial charge in [0, 0.05) is 32.0 Å². The van der Waals surface area contributed by atoms with Gasteiger partial charge in [-0.2, -0.15) is 0 Å². The topological polar surface area (TPSA) is 146 Å². The molecule has 4 N–H and O–H groups in total. The van der Waals surface area contributed by atoms with Gasteiger partial charge in [0.1, 0.15) is 42.8 Å². The molecule has 0 bridgehead atoms. The number of aliphatic hydroxyl groups is 1. The maximum absolute atomic E-state index is 14.2. The predicted octanol–water partition coefficient (Wildman–Crippen LogP) is 4.07. The van der Waals surface area contributed by atoms with Crippen LogP contribution in [0.25, 0.3) is 0 Å². The second-order valence-electron chi connectivity index (χ2n) is 13.3. The van der Waals surface area contributed by atoms with E-state index in [9.17, 15) is 24.3 Å². The van der Waals surface area contributed by atoms with E-state index in [0.717, 1.165) is 36.8 Å². The SMILES string of the molecule is O=C(NC1CCCC1)[C@H](CCCCO)NC(=O)[C@H](COc1ccccc1)NC(=O)[C@H](Cc1cccc(OCc2ccccc2)c1)N1CCCC1=O. The van der Waals surface area contributed by atoms with Crippen LogP contribution >= 0.6 is 0 Å². The third kappa shape index (κ3) is 11.6. The Balaban J connectivity index is 1.32. The number of carbonyl (C=O) groups excluding carboxylic acids is 4. The third-order valence-corrected chi connectivity index (χ3v) is 9.39. The number of nitrogens with zero attached hydrogens (tertiary/aromatic N) is 1. The molecule has 2 aliphatic rings. The lowest BCUT2D eigenvalue weighted by atomic mass is 10.0. The number of likely N-dealkylation sites (tertiary alicyclic amines) is 1. The van der Waals surface area contributed by atoms with Crippen molar-refractivity contribution in [2.75, 3.05) is 19.8 Å². The number of benzene rings is 3. The number of hydrogen-bond donors (Lipinski definition) is 4. The Morgan fingerprint density at radius 1 is 0.765 bits per heavy atom. The van der Waals surface area contributed by atoms with Crippen LogP contribution in [0.3, 0.4) is 0 Å². The normalized spacial score (nSPS) is 16.3. The van der Waals surface area contributed by atoms with Gasteiger partial charge in [-0.05, 0) is 73.9 Å². The van der Waals surface area contributed by atoms with E-state index in [4.69, 9.17) is 9.47 Å². The van der Waals surface area contributed by atoms with Gasteiger partial charge in [-0.1, -0.05) is 73.5 Å². The molecule has 272 valence electrons. The predicted molar refractivity (Wildman–Crippen MR) is 193 cm³/mol. The summed E-state index contributed by atoms with van der Waals surface area (Å²) in [5.41, 5.74) is 1.82. The van der Waals surface area contributed by atoms with Crippen LogP contribution in [0, 0.1) is 0 Å². The molecule has 3 aromatic carbocycles. The Bertz CT molecular complexity index is 1570. The van der Waals surface area contributed by atoms with Crippen LogP contribution in [0.4, 0.5) is 0 Å². The van der Waals surface area contributed by atoms with Crippen molar-refractivity contribution in [1.82, 2.24) is 20.9 Å². The van der Waals surface area contributed by atoms with E-state index in [2.05, 4.69) is 16.0 Å². The highest BCUT2D eigenvalue weighted by atomic mass is 16.5. The smallest absolute Gasteiger partial charge is 0.246 e. The summed E-state index contributed by atoms with van der Waals surface area (Å²) in [7, 11) is 0. The molecule has 1 aliphatic carbocycles. The number of unbranched alkanes of at least 4 members (excludes halogenated alkanes) is 1. The van der Waals surface area contributed by atoms with Crippen LogP contribution < -0.4 is 25.4 Å². The fourth-order valence-corrected chi connectivity index (χ4v) is 6.59. The molecule has 1 heterocycles. The van der Waals surface area contributed by atoms with Gasteiger partial charge in [0.05, 0.1) is 0 Å². The number of amides is 4. The Morgan fingerprint density at radius 3 is 2.16 bits per heavy atom. The number of rotatable bonds is 19.